The van der Waals surface area contributed by atoms with Gasteiger partial charge in [-0.1, -0.05) is 13.8 Å². The van der Waals surface area contributed by atoms with Gasteiger partial charge in [-0.25, -0.2) is 4.39 Å². The summed E-state index contributed by atoms with van der Waals surface area (Å²) >= 11 is 0. The first kappa shape index (κ1) is 13.3. The van der Waals surface area contributed by atoms with Gasteiger partial charge in [0.05, 0.1) is 18.2 Å². The molecule has 4 heteroatoms. The molecule has 0 bridgehead atoms. The van der Waals surface area contributed by atoms with Crippen molar-refractivity contribution >= 4 is 11.4 Å². The lowest BCUT2D eigenvalue weighted by Crippen LogP contribution is -2.29. The van der Waals surface area contributed by atoms with E-state index in [1.54, 1.807) is 12.1 Å². The van der Waals surface area contributed by atoms with E-state index in [2.05, 4.69) is 19.9 Å². The van der Waals surface area contributed by atoms with E-state index >= 15 is 0 Å². The quantitative estimate of drug-likeness (QED) is 0.798. The molecule has 0 radical (unpaired) electrons. The Balaban J connectivity index is 2.91. The average Bonchev–Trinajstić information content (AvgIpc) is 2.24. The third kappa shape index (κ3) is 3.95. The van der Waals surface area contributed by atoms with E-state index in [0.29, 0.717) is 30.3 Å². The highest BCUT2D eigenvalue weighted by Crippen LogP contribution is 2.22. The molecule has 17 heavy (non-hydrogen) atoms. The first-order valence-electron chi connectivity index (χ1n) is 5.71. The van der Waals surface area contributed by atoms with Crippen LogP contribution in [0.15, 0.2) is 18.2 Å². The number of hydrogen-bond acceptors (Lipinski definition) is 3. The van der Waals surface area contributed by atoms with Crippen LogP contribution in [0.2, 0.25) is 0 Å². The lowest BCUT2D eigenvalue weighted by molar-refractivity contribution is 0.582. The van der Waals surface area contributed by atoms with Crippen molar-refractivity contribution in [2.24, 2.45) is 5.92 Å². The molecule has 0 fully saturated rings. The molecule has 1 rings (SSSR count). The minimum Gasteiger partial charge on any atom is -0.399 e. The van der Waals surface area contributed by atoms with Gasteiger partial charge >= 0.3 is 0 Å². The van der Waals surface area contributed by atoms with E-state index in [0.717, 1.165) is 6.54 Å². The Hall–Kier alpha value is -1.76. The molecule has 0 saturated carbocycles. The second kappa shape index (κ2) is 6.09. The molecule has 0 aliphatic rings. The highest BCUT2D eigenvalue weighted by molar-refractivity contribution is 5.54. The summed E-state index contributed by atoms with van der Waals surface area (Å²) in [6, 6.07) is 6.75. The Morgan fingerprint density at radius 2 is 2.18 bits per heavy atom. The van der Waals surface area contributed by atoms with E-state index in [1.165, 1.54) is 6.07 Å². The Labute approximate surface area is 102 Å². The van der Waals surface area contributed by atoms with Crippen LogP contribution in [0.1, 0.15) is 20.3 Å². The number of nitrogens with two attached hydrogens (primary N) is 1. The first-order chi connectivity index (χ1) is 8.04. The van der Waals surface area contributed by atoms with Crippen molar-refractivity contribution in [3.63, 3.8) is 0 Å². The number of rotatable bonds is 5. The number of nitrogen functional groups attached to an aromatic ring is 1. The molecule has 0 amide bonds. The maximum atomic E-state index is 13.8. The van der Waals surface area contributed by atoms with Gasteiger partial charge < -0.3 is 10.6 Å². The molecular formula is C13H18FN3. The summed E-state index contributed by atoms with van der Waals surface area (Å²) in [5, 5.41) is 8.62. The summed E-state index contributed by atoms with van der Waals surface area (Å²) in [5.41, 5.74) is 6.45. The number of anilines is 2. The van der Waals surface area contributed by atoms with Gasteiger partial charge in [0.15, 0.2) is 0 Å². The number of halogens is 1. The number of nitriles is 1. The van der Waals surface area contributed by atoms with Crippen molar-refractivity contribution < 1.29 is 4.39 Å². The Bertz CT molecular complexity index is 410. The van der Waals surface area contributed by atoms with E-state index in [9.17, 15) is 4.39 Å². The molecule has 1 aromatic rings. The van der Waals surface area contributed by atoms with Crippen LogP contribution >= 0.6 is 0 Å². The predicted molar refractivity (Wildman–Crippen MR) is 68.1 cm³/mol. The summed E-state index contributed by atoms with van der Waals surface area (Å²) < 4.78 is 13.8. The summed E-state index contributed by atoms with van der Waals surface area (Å²) in [6.07, 6.45) is 0.385. The zero-order chi connectivity index (χ0) is 12.8. The topological polar surface area (TPSA) is 53.0 Å². The summed E-state index contributed by atoms with van der Waals surface area (Å²) in [7, 11) is 0. The maximum Gasteiger partial charge on any atom is 0.148 e. The summed E-state index contributed by atoms with van der Waals surface area (Å²) in [4.78, 5) is 1.89. The summed E-state index contributed by atoms with van der Waals surface area (Å²) in [6.45, 7) is 5.39. The zero-order valence-electron chi connectivity index (χ0n) is 10.3. The highest BCUT2D eigenvalue weighted by atomic mass is 19.1. The third-order valence-corrected chi connectivity index (χ3v) is 2.39. The standard InChI is InChI=1S/C13H18FN3/c1-10(2)9-17(7-3-6-15)13-5-4-11(16)8-12(13)14/h4-5,8,10H,3,7,9,16H2,1-2H3. The molecule has 2 N–H and O–H groups in total. The van der Waals surface area contributed by atoms with Crippen molar-refractivity contribution in [1.29, 1.82) is 5.26 Å². The van der Waals surface area contributed by atoms with Crippen LogP contribution in [0.3, 0.4) is 0 Å². The van der Waals surface area contributed by atoms with Crippen LogP contribution in [0.4, 0.5) is 15.8 Å². The minimum atomic E-state index is -0.330. The highest BCUT2D eigenvalue weighted by Gasteiger charge is 2.12. The smallest absolute Gasteiger partial charge is 0.148 e. The van der Waals surface area contributed by atoms with Gasteiger partial charge in [0.1, 0.15) is 5.82 Å². The van der Waals surface area contributed by atoms with Crippen LogP contribution in [0, 0.1) is 23.1 Å². The fourth-order valence-corrected chi connectivity index (χ4v) is 1.72. The van der Waals surface area contributed by atoms with E-state index < -0.39 is 0 Å². The first-order valence-corrected chi connectivity index (χ1v) is 5.71. The molecule has 0 aliphatic carbocycles. The van der Waals surface area contributed by atoms with Gasteiger partial charge in [0.2, 0.25) is 0 Å². The Kier molecular flexibility index (Phi) is 4.77. The predicted octanol–water partition coefficient (Wildman–Crippen LogP) is 2.78. The van der Waals surface area contributed by atoms with Gasteiger partial charge in [-0.2, -0.15) is 5.26 Å². The van der Waals surface area contributed by atoms with Crippen molar-refractivity contribution in [3.05, 3.63) is 24.0 Å². The van der Waals surface area contributed by atoms with Crippen LogP contribution in [0.25, 0.3) is 0 Å². The molecule has 0 atom stereocenters. The van der Waals surface area contributed by atoms with Crippen LogP contribution in [-0.4, -0.2) is 13.1 Å². The molecule has 0 saturated heterocycles. The molecule has 92 valence electrons. The van der Waals surface area contributed by atoms with Gasteiger partial charge in [0, 0.05) is 18.8 Å². The molecule has 0 aromatic heterocycles. The fourth-order valence-electron chi connectivity index (χ4n) is 1.72. The molecular weight excluding hydrogens is 217 g/mol. The number of nitrogens with zero attached hydrogens (tertiary/aromatic N) is 2. The largest absolute Gasteiger partial charge is 0.399 e. The van der Waals surface area contributed by atoms with E-state index in [1.807, 2.05) is 4.90 Å². The molecule has 0 heterocycles. The molecule has 1 aromatic carbocycles. The van der Waals surface area contributed by atoms with Gasteiger partial charge in [-0.15, -0.1) is 0 Å². The van der Waals surface area contributed by atoms with Crippen LogP contribution < -0.4 is 10.6 Å². The van der Waals surface area contributed by atoms with E-state index in [-0.39, 0.29) is 5.82 Å². The fraction of sp³-hybridized carbons (Fsp3) is 0.462. The average molecular weight is 235 g/mol. The lowest BCUT2D eigenvalue weighted by atomic mass is 10.1. The monoisotopic (exact) mass is 235 g/mol. The maximum absolute atomic E-state index is 13.8. The summed E-state index contributed by atoms with van der Waals surface area (Å²) in [5.74, 6) is 0.0780. The van der Waals surface area contributed by atoms with Gasteiger partial charge in [0.25, 0.3) is 0 Å². The second-order valence-electron chi connectivity index (χ2n) is 4.46. The number of hydrogen-bond donors (Lipinski definition) is 1. The van der Waals surface area contributed by atoms with E-state index in [4.69, 9.17) is 11.0 Å². The molecule has 0 aliphatic heterocycles. The normalized spacial score (nSPS) is 10.3. The van der Waals surface area contributed by atoms with Crippen molar-refractivity contribution in [3.8, 4) is 6.07 Å². The Morgan fingerprint density at radius 1 is 1.47 bits per heavy atom. The second-order valence-corrected chi connectivity index (χ2v) is 4.46. The van der Waals surface area contributed by atoms with Crippen molar-refractivity contribution in [2.45, 2.75) is 20.3 Å². The SMILES string of the molecule is CC(C)CN(CCC#N)c1ccc(N)cc1F. The van der Waals surface area contributed by atoms with Crippen LogP contribution in [0.5, 0.6) is 0 Å². The van der Waals surface area contributed by atoms with Crippen molar-refractivity contribution in [1.82, 2.24) is 0 Å². The van der Waals surface area contributed by atoms with Crippen LogP contribution in [-0.2, 0) is 0 Å². The molecule has 3 nitrogen and oxygen atoms in total. The molecule has 0 unspecified atom stereocenters. The number of benzene rings is 1. The third-order valence-electron chi connectivity index (χ3n) is 2.39. The van der Waals surface area contributed by atoms with Gasteiger partial charge in [-0.3, -0.25) is 0 Å². The lowest BCUT2D eigenvalue weighted by Gasteiger charge is -2.26. The minimum absolute atomic E-state index is 0.330. The Morgan fingerprint density at radius 3 is 2.71 bits per heavy atom. The van der Waals surface area contributed by atoms with Crippen molar-refractivity contribution in [2.75, 3.05) is 23.7 Å². The zero-order valence-corrected chi connectivity index (χ0v) is 10.3. The molecule has 0 spiro atoms. The van der Waals surface area contributed by atoms with Gasteiger partial charge in [-0.05, 0) is 24.1 Å².